The molecule has 4 bridgehead atoms. The minimum Gasteiger partial charge on any atom is -0.206 e. The molecule has 15 heavy (non-hydrogen) atoms. The molecule has 0 amide bonds. The van der Waals surface area contributed by atoms with Crippen LogP contribution in [0.25, 0.3) is 22.3 Å². The fraction of sp³-hybridized carbons (Fsp3) is 0. The minimum absolute atomic E-state index is 0.163. The van der Waals surface area contributed by atoms with Crippen LogP contribution >= 0.6 is 0 Å². The molecule has 0 spiro atoms. The van der Waals surface area contributed by atoms with Gasteiger partial charge in [0.1, 0.15) is 17.5 Å². The third kappa shape index (κ3) is 1.03. The van der Waals surface area contributed by atoms with Gasteiger partial charge in [-0.25, -0.2) is 13.2 Å². The van der Waals surface area contributed by atoms with E-state index in [0.717, 1.165) is 18.2 Å². The maximum Gasteiger partial charge on any atom is 0.134 e. The average Bonchev–Trinajstić information content (AvgIpc) is 2.13. The third-order valence-electron chi connectivity index (χ3n) is 2.61. The Morgan fingerprint density at radius 3 is 1.87 bits per heavy atom. The van der Waals surface area contributed by atoms with Gasteiger partial charge in [0.25, 0.3) is 0 Å². The molecule has 2 aromatic rings. The summed E-state index contributed by atoms with van der Waals surface area (Å²) in [5, 5.41) is 0. The Kier molecular flexibility index (Phi) is 1.49. The zero-order chi connectivity index (χ0) is 10.6. The Bertz CT molecular complexity index is 550. The van der Waals surface area contributed by atoms with Crippen molar-refractivity contribution in [2.75, 3.05) is 0 Å². The zero-order valence-electron chi connectivity index (χ0n) is 7.52. The van der Waals surface area contributed by atoms with Crippen molar-refractivity contribution in [1.82, 2.24) is 0 Å². The molecule has 0 fully saturated rings. The first-order valence-corrected chi connectivity index (χ1v) is 4.46. The lowest BCUT2D eigenvalue weighted by Crippen LogP contribution is -1.98. The second-order valence-electron chi connectivity index (χ2n) is 3.51. The second kappa shape index (κ2) is 2.63. The molecular formula is C12H5F3. The molecule has 0 aromatic heterocycles. The first kappa shape index (κ1) is 8.53. The van der Waals surface area contributed by atoms with E-state index in [0.29, 0.717) is 0 Å². The lowest BCUT2D eigenvalue weighted by molar-refractivity contribution is 0.586. The largest absolute Gasteiger partial charge is 0.206 e. The SMILES string of the molecule is Fc1cc2ccc1-c1cc(F)c-2c(F)c1. The summed E-state index contributed by atoms with van der Waals surface area (Å²) in [7, 11) is 0. The summed E-state index contributed by atoms with van der Waals surface area (Å²) in [5.74, 6) is -1.75. The smallest absolute Gasteiger partial charge is 0.134 e. The third-order valence-corrected chi connectivity index (χ3v) is 2.61. The Morgan fingerprint density at radius 2 is 1.27 bits per heavy atom. The number of hydrogen-bond donors (Lipinski definition) is 0. The number of hydrogen-bond acceptors (Lipinski definition) is 0. The van der Waals surface area contributed by atoms with E-state index in [4.69, 9.17) is 0 Å². The van der Waals surface area contributed by atoms with Crippen LogP contribution in [0.15, 0.2) is 30.3 Å². The van der Waals surface area contributed by atoms with Crippen molar-refractivity contribution < 1.29 is 13.2 Å². The highest BCUT2D eigenvalue weighted by atomic mass is 19.1. The summed E-state index contributed by atoms with van der Waals surface area (Å²) in [4.78, 5) is 0. The highest BCUT2D eigenvalue weighted by Gasteiger charge is 2.20. The Balaban J connectivity index is 2.54. The minimum atomic E-state index is -0.648. The molecule has 4 aliphatic carbocycles. The summed E-state index contributed by atoms with van der Waals surface area (Å²) in [5.41, 5.74) is 0.529. The van der Waals surface area contributed by atoms with Crippen LogP contribution in [0.2, 0.25) is 0 Å². The van der Waals surface area contributed by atoms with Crippen LogP contribution in [0.3, 0.4) is 0 Å². The van der Waals surface area contributed by atoms with Gasteiger partial charge in [-0.3, -0.25) is 0 Å². The average molecular weight is 206 g/mol. The van der Waals surface area contributed by atoms with Crippen molar-refractivity contribution in [3.8, 4) is 22.3 Å². The molecule has 0 saturated heterocycles. The van der Waals surface area contributed by atoms with E-state index in [-0.39, 0.29) is 22.3 Å². The molecule has 0 unspecified atom stereocenters. The van der Waals surface area contributed by atoms with E-state index in [9.17, 15) is 13.2 Å². The van der Waals surface area contributed by atoms with Crippen molar-refractivity contribution in [2.24, 2.45) is 0 Å². The monoisotopic (exact) mass is 206 g/mol. The van der Waals surface area contributed by atoms with Crippen LogP contribution in [0, 0.1) is 17.5 Å². The summed E-state index contributed by atoms with van der Waals surface area (Å²) >= 11 is 0. The Morgan fingerprint density at radius 1 is 0.667 bits per heavy atom. The Hall–Kier alpha value is -1.77. The fourth-order valence-electron chi connectivity index (χ4n) is 1.91. The molecular weight excluding hydrogens is 201 g/mol. The maximum absolute atomic E-state index is 13.5. The predicted octanol–water partition coefficient (Wildman–Crippen LogP) is 3.75. The van der Waals surface area contributed by atoms with E-state index < -0.39 is 17.5 Å². The van der Waals surface area contributed by atoms with Gasteiger partial charge in [-0.15, -0.1) is 0 Å². The summed E-state index contributed by atoms with van der Waals surface area (Å²) < 4.78 is 40.4. The zero-order valence-corrected chi connectivity index (χ0v) is 7.52. The van der Waals surface area contributed by atoms with Crippen molar-refractivity contribution in [1.29, 1.82) is 0 Å². The molecule has 0 saturated carbocycles. The fourth-order valence-corrected chi connectivity index (χ4v) is 1.91. The van der Waals surface area contributed by atoms with E-state index in [2.05, 4.69) is 0 Å². The standard InChI is InChI=1S/C12H5F3/c13-9-3-6-1-2-8(9)7-4-10(14)12(6)11(15)5-7/h1-5H. The van der Waals surface area contributed by atoms with Crippen molar-refractivity contribution in [3.05, 3.63) is 47.8 Å². The van der Waals surface area contributed by atoms with Gasteiger partial charge in [-0.05, 0) is 29.3 Å². The van der Waals surface area contributed by atoms with Crippen molar-refractivity contribution in [2.45, 2.75) is 0 Å². The van der Waals surface area contributed by atoms with Gasteiger partial charge in [0.05, 0.1) is 5.56 Å². The van der Waals surface area contributed by atoms with Gasteiger partial charge < -0.3 is 0 Å². The second-order valence-corrected chi connectivity index (χ2v) is 3.51. The van der Waals surface area contributed by atoms with Crippen LogP contribution in [0.1, 0.15) is 0 Å². The molecule has 4 aliphatic rings. The van der Waals surface area contributed by atoms with Gasteiger partial charge in [-0.1, -0.05) is 12.1 Å². The van der Waals surface area contributed by atoms with Gasteiger partial charge in [-0.2, -0.15) is 0 Å². The molecule has 2 aromatic carbocycles. The van der Waals surface area contributed by atoms with Crippen LogP contribution < -0.4 is 0 Å². The van der Waals surface area contributed by atoms with Gasteiger partial charge in [0.15, 0.2) is 0 Å². The molecule has 0 atom stereocenters. The topological polar surface area (TPSA) is 0 Å². The molecule has 0 aliphatic heterocycles. The van der Waals surface area contributed by atoms with Crippen LogP contribution in [0.4, 0.5) is 13.2 Å². The quantitative estimate of drug-likeness (QED) is 0.525. The highest BCUT2D eigenvalue weighted by Crippen LogP contribution is 2.37. The summed E-state index contributed by atoms with van der Waals surface area (Å²) in [6.07, 6.45) is 0. The van der Waals surface area contributed by atoms with Crippen LogP contribution in [-0.2, 0) is 0 Å². The lowest BCUT2D eigenvalue weighted by atomic mass is 9.93. The number of rotatable bonds is 0. The van der Waals surface area contributed by atoms with E-state index in [1.807, 2.05) is 0 Å². The molecule has 3 heteroatoms. The molecule has 0 nitrogen and oxygen atoms in total. The lowest BCUT2D eigenvalue weighted by Gasteiger charge is -2.14. The van der Waals surface area contributed by atoms with Crippen LogP contribution in [0.5, 0.6) is 0 Å². The van der Waals surface area contributed by atoms with Gasteiger partial charge in [0, 0.05) is 5.56 Å². The van der Waals surface area contributed by atoms with Crippen molar-refractivity contribution >= 4 is 0 Å². The molecule has 6 rings (SSSR count). The first-order chi connectivity index (χ1) is 7.16. The highest BCUT2D eigenvalue weighted by molar-refractivity contribution is 5.77. The number of halogens is 3. The predicted molar refractivity (Wildman–Crippen MR) is 50.7 cm³/mol. The van der Waals surface area contributed by atoms with Gasteiger partial charge >= 0.3 is 0 Å². The molecule has 0 radical (unpaired) electrons. The Labute approximate surface area is 84.0 Å². The molecule has 0 N–H and O–H groups in total. The molecule has 74 valence electrons. The molecule has 0 heterocycles. The van der Waals surface area contributed by atoms with E-state index >= 15 is 0 Å². The van der Waals surface area contributed by atoms with E-state index in [1.54, 1.807) is 0 Å². The first-order valence-electron chi connectivity index (χ1n) is 4.46. The van der Waals surface area contributed by atoms with E-state index in [1.165, 1.54) is 12.1 Å². The summed E-state index contributed by atoms with van der Waals surface area (Å²) in [6.45, 7) is 0. The number of benzene rings is 2. The van der Waals surface area contributed by atoms with Crippen LogP contribution in [-0.4, -0.2) is 0 Å². The van der Waals surface area contributed by atoms with Crippen molar-refractivity contribution in [3.63, 3.8) is 0 Å². The normalized spacial score (nSPS) is 11.7. The summed E-state index contributed by atoms with van der Waals surface area (Å²) in [6, 6.07) is 6.52. The maximum atomic E-state index is 13.5. The van der Waals surface area contributed by atoms with Gasteiger partial charge in [0.2, 0.25) is 0 Å².